The van der Waals surface area contributed by atoms with E-state index in [9.17, 15) is 13.4 Å². The van der Waals surface area contributed by atoms with Gasteiger partial charge in [-0.05, 0) is 67.8 Å². The second-order valence-corrected chi connectivity index (χ2v) is 7.42. The zero-order chi connectivity index (χ0) is 17.7. The monoisotopic (exact) mass is 476 g/mol. The molecule has 2 aromatic rings. The Morgan fingerprint density at radius 3 is 2.50 bits per heavy atom. The molecule has 1 amide bonds. The molecule has 0 aliphatic rings. The van der Waals surface area contributed by atoms with Crippen molar-refractivity contribution in [1.29, 1.82) is 0 Å². The number of rotatable bonds is 5. The number of carbonyl (C=O) groups excluding carboxylic acids is 1. The highest BCUT2D eigenvalue weighted by Crippen LogP contribution is 2.33. The Kier molecular flexibility index (Phi) is 6.67. The average molecular weight is 478 g/mol. The third kappa shape index (κ3) is 4.97. The van der Waals surface area contributed by atoms with Crippen LogP contribution in [0.3, 0.4) is 0 Å². The van der Waals surface area contributed by atoms with Crippen molar-refractivity contribution in [3.05, 3.63) is 62.8 Å². The lowest BCUT2D eigenvalue weighted by Gasteiger charge is -2.11. The Hall–Kier alpha value is -1.55. The number of anilines is 1. The van der Waals surface area contributed by atoms with E-state index in [2.05, 4.69) is 36.6 Å². The fourth-order valence-electron chi connectivity index (χ4n) is 1.73. The molecule has 0 bridgehead atoms. The number of hydrogen-bond donors (Lipinski definition) is 3. The Bertz CT molecular complexity index is 807. The summed E-state index contributed by atoms with van der Waals surface area (Å²) in [5, 5.41) is 8.45. The third-order valence-electron chi connectivity index (χ3n) is 2.81. The van der Waals surface area contributed by atoms with Gasteiger partial charge in [-0.1, -0.05) is 12.1 Å². The van der Waals surface area contributed by atoms with Crippen molar-refractivity contribution in [2.24, 2.45) is 0 Å². The molecule has 0 aliphatic heterocycles. The summed E-state index contributed by atoms with van der Waals surface area (Å²) in [4.78, 5) is 11.4. The zero-order valence-corrected chi connectivity index (χ0v) is 15.9. The van der Waals surface area contributed by atoms with Crippen LogP contribution in [0, 0.1) is 5.82 Å². The Labute approximate surface area is 156 Å². The van der Waals surface area contributed by atoms with Gasteiger partial charge in [-0.3, -0.25) is 14.7 Å². The molecule has 1 unspecified atom stereocenters. The van der Waals surface area contributed by atoms with Gasteiger partial charge in [0.2, 0.25) is 0 Å². The number of hydrogen-bond acceptors (Lipinski definition) is 3. The number of hydroxylamine groups is 1. The molecule has 0 aromatic heterocycles. The van der Waals surface area contributed by atoms with E-state index in [4.69, 9.17) is 5.21 Å². The Morgan fingerprint density at radius 1 is 1.21 bits per heavy atom. The van der Waals surface area contributed by atoms with Gasteiger partial charge in [0.05, 0.1) is 10.6 Å². The van der Waals surface area contributed by atoms with Crippen molar-refractivity contribution < 1.29 is 18.6 Å². The molecular weight excluding hydrogens is 467 g/mol. The zero-order valence-electron chi connectivity index (χ0n) is 11.9. The highest BCUT2D eigenvalue weighted by atomic mass is 79.9. The number of amides is 1. The fraction of sp³-hybridized carbons (Fsp3) is 0. The van der Waals surface area contributed by atoms with Crippen LogP contribution in [0.2, 0.25) is 0 Å². The molecule has 2 aromatic carbocycles. The van der Waals surface area contributed by atoms with Gasteiger partial charge in [0, 0.05) is 15.0 Å². The molecule has 0 aliphatic carbocycles. The molecule has 9 heteroatoms. The molecule has 0 fully saturated rings. The maximum atomic E-state index is 13.3. The first kappa shape index (κ1) is 18.8. The number of carbonyl (C=O) groups is 1. The standard InChI is InChI=1S/C15H11Br2FN2O3S/c16-12-7-10(18)8-13(17)15(12)20-24(23)11-3-1-2-9(6-11)4-5-14(21)19-22/h1-8,20,22H,(H,19,21)/b5-4+. The molecular formula is C15H11Br2FN2O3S. The molecule has 5 nitrogen and oxygen atoms in total. The minimum absolute atomic E-state index is 0.429. The minimum Gasteiger partial charge on any atom is -0.299 e. The van der Waals surface area contributed by atoms with Crippen LogP contribution in [-0.2, 0) is 15.8 Å². The SMILES string of the molecule is O=C(/C=C/c1cccc(S(=O)Nc2c(Br)cc(F)cc2Br)c1)NO. The van der Waals surface area contributed by atoms with Crippen molar-refractivity contribution in [2.45, 2.75) is 4.90 Å². The van der Waals surface area contributed by atoms with Gasteiger partial charge in [0.15, 0.2) is 0 Å². The predicted molar refractivity (Wildman–Crippen MR) is 97.2 cm³/mol. The summed E-state index contributed by atoms with van der Waals surface area (Å²) in [5.41, 5.74) is 2.57. The van der Waals surface area contributed by atoms with Crippen LogP contribution < -0.4 is 10.2 Å². The van der Waals surface area contributed by atoms with Crippen molar-refractivity contribution in [3.8, 4) is 0 Å². The molecule has 1 atom stereocenters. The Balaban J connectivity index is 2.22. The van der Waals surface area contributed by atoms with E-state index < -0.39 is 22.7 Å². The maximum Gasteiger partial charge on any atom is 0.267 e. The Morgan fingerprint density at radius 2 is 1.88 bits per heavy atom. The normalized spacial score (nSPS) is 12.2. The minimum atomic E-state index is -1.60. The first-order chi connectivity index (χ1) is 11.4. The van der Waals surface area contributed by atoms with Gasteiger partial charge in [-0.15, -0.1) is 0 Å². The summed E-state index contributed by atoms with van der Waals surface area (Å²) in [5.74, 6) is -1.10. The third-order valence-corrected chi connectivity index (χ3v) is 5.13. The van der Waals surface area contributed by atoms with Gasteiger partial charge in [0.1, 0.15) is 16.8 Å². The summed E-state index contributed by atoms with van der Waals surface area (Å²) in [6.07, 6.45) is 2.61. The number of benzene rings is 2. The molecule has 3 N–H and O–H groups in total. The lowest BCUT2D eigenvalue weighted by Crippen LogP contribution is -2.14. The van der Waals surface area contributed by atoms with Crippen molar-refractivity contribution >= 4 is 60.5 Å². The van der Waals surface area contributed by atoms with Gasteiger partial charge in [-0.25, -0.2) is 14.1 Å². The molecule has 0 saturated carbocycles. The lowest BCUT2D eigenvalue weighted by atomic mass is 10.2. The van der Waals surface area contributed by atoms with Crippen LogP contribution in [0.1, 0.15) is 5.56 Å². The van der Waals surface area contributed by atoms with Gasteiger partial charge in [-0.2, -0.15) is 0 Å². The highest BCUT2D eigenvalue weighted by Gasteiger charge is 2.12. The molecule has 0 radical (unpaired) electrons. The summed E-state index contributed by atoms with van der Waals surface area (Å²) in [7, 11) is -1.60. The van der Waals surface area contributed by atoms with Crippen LogP contribution in [0.5, 0.6) is 0 Å². The lowest BCUT2D eigenvalue weighted by molar-refractivity contribution is -0.124. The first-order valence-corrected chi connectivity index (χ1v) is 9.19. The van der Waals surface area contributed by atoms with Crippen molar-refractivity contribution in [3.63, 3.8) is 0 Å². The van der Waals surface area contributed by atoms with Crippen molar-refractivity contribution in [1.82, 2.24) is 5.48 Å². The van der Waals surface area contributed by atoms with E-state index >= 15 is 0 Å². The van der Waals surface area contributed by atoms with Gasteiger partial charge < -0.3 is 0 Å². The van der Waals surface area contributed by atoms with Crippen LogP contribution in [0.15, 0.2) is 56.3 Å². The fourth-order valence-corrected chi connectivity index (χ4v) is 4.29. The van der Waals surface area contributed by atoms with E-state index in [0.29, 0.717) is 25.1 Å². The summed E-state index contributed by atoms with van der Waals surface area (Å²) >= 11 is 6.43. The van der Waals surface area contributed by atoms with Gasteiger partial charge >= 0.3 is 0 Å². The van der Waals surface area contributed by atoms with Crippen LogP contribution >= 0.6 is 31.9 Å². The van der Waals surface area contributed by atoms with E-state index in [1.165, 1.54) is 23.7 Å². The second kappa shape index (κ2) is 8.52. The molecule has 126 valence electrons. The topological polar surface area (TPSA) is 78.4 Å². The van der Waals surface area contributed by atoms with Crippen molar-refractivity contribution in [2.75, 3.05) is 4.72 Å². The first-order valence-electron chi connectivity index (χ1n) is 6.46. The molecule has 0 saturated heterocycles. The van der Waals surface area contributed by atoms with Crippen LogP contribution in [-0.4, -0.2) is 15.3 Å². The predicted octanol–water partition coefficient (Wildman–Crippen LogP) is 4.00. The maximum absolute atomic E-state index is 13.3. The van der Waals surface area contributed by atoms with E-state index in [1.54, 1.807) is 24.3 Å². The molecule has 2 rings (SSSR count). The summed E-state index contributed by atoms with van der Waals surface area (Å²) in [6, 6.07) is 9.19. The summed E-state index contributed by atoms with van der Waals surface area (Å²) in [6.45, 7) is 0. The molecule has 0 spiro atoms. The highest BCUT2D eigenvalue weighted by molar-refractivity contribution is 9.11. The molecule has 0 heterocycles. The quantitative estimate of drug-likeness (QED) is 0.346. The largest absolute Gasteiger partial charge is 0.299 e. The second-order valence-electron chi connectivity index (χ2n) is 4.50. The molecule has 24 heavy (non-hydrogen) atoms. The summed E-state index contributed by atoms with van der Waals surface area (Å²) < 4.78 is 29.4. The van der Waals surface area contributed by atoms with E-state index in [0.717, 1.165) is 6.08 Å². The van der Waals surface area contributed by atoms with Crippen LogP contribution in [0.4, 0.5) is 10.1 Å². The number of halogens is 3. The van der Waals surface area contributed by atoms with Crippen LogP contribution in [0.25, 0.3) is 6.08 Å². The average Bonchev–Trinajstić information content (AvgIpc) is 2.55. The van der Waals surface area contributed by atoms with Gasteiger partial charge in [0.25, 0.3) is 5.91 Å². The smallest absolute Gasteiger partial charge is 0.267 e. The van der Waals surface area contributed by atoms with E-state index in [-0.39, 0.29) is 0 Å². The van der Waals surface area contributed by atoms with E-state index in [1.807, 2.05) is 0 Å². The number of nitrogens with one attached hydrogen (secondary N) is 2.